The molecular formula is C15H23N. The number of nitrogens with zero attached hydrogens (tertiary/aromatic N) is 1. The Labute approximate surface area is 99.3 Å². The summed E-state index contributed by atoms with van der Waals surface area (Å²) >= 11 is 0. The van der Waals surface area contributed by atoms with Gasteiger partial charge in [-0.3, -0.25) is 4.98 Å². The lowest BCUT2D eigenvalue weighted by Gasteiger charge is -2.26. The molecule has 1 aliphatic rings. The zero-order chi connectivity index (χ0) is 11.8. The Balaban J connectivity index is 2.43. The standard InChI is InChI=1S/C15H23N/c1-5-11-7-6-8-12-9-10-13(15(2,3)4)16-14(11)12/h9-11H,5-8H2,1-4H3. The monoisotopic (exact) mass is 217 g/mol. The lowest BCUT2D eigenvalue weighted by Crippen LogP contribution is -2.18. The van der Waals surface area contributed by atoms with E-state index in [4.69, 9.17) is 4.98 Å². The highest BCUT2D eigenvalue weighted by molar-refractivity contribution is 5.30. The normalized spacial score (nSPS) is 20.6. The van der Waals surface area contributed by atoms with Crippen LogP contribution < -0.4 is 0 Å². The van der Waals surface area contributed by atoms with E-state index in [-0.39, 0.29) is 5.41 Å². The van der Waals surface area contributed by atoms with E-state index in [1.54, 1.807) is 0 Å². The molecule has 1 aromatic heterocycles. The fraction of sp³-hybridized carbons (Fsp3) is 0.667. The van der Waals surface area contributed by atoms with Crippen molar-refractivity contribution in [1.29, 1.82) is 0 Å². The molecule has 1 heteroatoms. The number of pyridine rings is 1. The summed E-state index contributed by atoms with van der Waals surface area (Å²) in [6, 6.07) is 4.53. The van der Waals surface area contributed by atoms with Crippen LogP contribution >= 0.6 is 0 Å². The zero-order valence-electron chi connectivity index (χ0n) is 11.0. The molecule has 0 aromatic carbocycles. The predicted octanol–water partition coefficient (Wildman–Crippen LogP) is 4.21. The minimum atomic E-state index is 0.171. The summed E-state index contributed by atoms with van der Waals surface area (Å²) in [6.45, 7) is 9.01. The lowest BCUT2D eigenvalue weighted by atomic mass is 9.83. The Morgan fingerprint density at radius 1 is 1.31 bits per heavy atom. The van der Waals surface area contributed by atoms with Crippen LogP contribution in [0.1, 0.15) is 69.8 Å². The van der Waals surface area contributed by atoms with E-state index in [0.717, 1.165) is 0 Å². The molecule has 1 nitrogen and oxygen atoms in total. The van der Waals surface area contributed by atoms with Gasteiger partial charge in [0.25, 0.3) is 0 Å². The SMILES string of the molecule is CCC1CCCc2ccc(C(C)(C)C)nc21. The van der Waals surface area contributed by atoms with Crippen LogP contribution in [0.15, 0.2) is 12.1 Å². The van der Waals surface area contributed by atoms with Crippen LogP contribution in [0.3, 0.4) is 0 Å². The molecule has 0 amide bonds. The van der Waals surface area contributed by atoms with Gasteiger partial charge in [0.05, 0.1) is 0 Å². The molecule has 0 N–H and O–H groups in total. The van der Waals surface area contributed by atoms with Gasteiger partial charge in [-0.1, -0.05) is 33.8 Å². The van der Waals surface area contributed by atoms with E-state index in [1.165, 1.54) is 42.6 Å². The average Bonchev–Trinajstić information content (AvgIpc) is 2.26. The first kappa shape index (κ1) is 11.6. The molecule has 1 atom stereocenters. The smallest absolute Gasteiger partial charge is 0.0469 e. The Morgan fingerprint density at radius 3 is 2.69 bits per heavy atom. The van der Waals surface area contributed by atoms with Crippen LogP contribution in [0, 0.1) is 0 Å². The number of aromatic nitrogens is 1. The Kier molecular flexibility index (Phi) is 3.05. The summed E-state index contributed by atoms with van der Waals surface area (Å²) in [5.74, 6) is 0.700. The van der Waals surface area contributed by atoms with Gasteiger partial charge in [-0.15, -0.1) is 0 Å². The predicted molar refractivity (Wildman–Crippen MR) is 68.9 cm³/mol. The molecule has 0 radical (unpaired) electrons. The van der Waals surface area contributed by atoms with Crippen molar-refractivity contribution >= 4 is 0 Å². The molecular weight excluding hydrogens is 194 g/mol. The van der Waals surface area contributed by atoms with E-state index in [1.807, 2.05) is 0 Å². The van der Waals surface area contributed by atoms with E-state index >= 15 is 0 Å². The third kappa shape index (κ3) is 2.14. The number of rotatable bonds is 1. The van der Waals surface area contributed by atoms with Crippen molar-refractivity contribution in [2.24, 2.45) is 0 Å². The fourth-order valence-electron chi connectivity index (χ4n) is 2.56. The maximum Gasteiger partial charge on any atom is 0.0469 e. The van der Waals surface area contributed by atoms with Gasteiger partial charge in [0, 0.05) is 22.7 Å². The summed E-state index contributed by atoms with van der Waals surface area (Å²) in [6.07, 6.45) is 5.11. The molecule has 0 saturated carbocycles. The molecule has 1 heterocycles. The van der Waals surface area contributed by atoms with E-state index in [2.05, 4.69) is 39.8 Å². The Hall–Kier alpha value is -0.850. The first-order chi connectivity index (χ1) is 7.52. The molecule has 2 rings (SSSR count). The first-order valence-corrected chi connectivity index (χ1v) is 6.52. The topological polar surface area (TPSA) is 12.9 Å². The molecule has 1 unspecified atom stereocenters. The van der Waals surface area contributed by atoms with Crippen LogP contribution in [-0.4, -0.2) is 4.98 Å². The molecule has 0 bridgehead atoms. The summed E-state index contributed by atoms with van der Waals surface area (Å²) < 4.78 is 0. The van der Waals surface area contributed by atoms with Gasteiger partial charge in [-0.05, 0) is 37.3 Å². The van der Waals surface area contributed by atoms with Crippen molar-refractivity contribution in [3.8, 4) is 0 Å². The average molecular weight is 217 g/mol. The third-order valence-electron chi connectivity index (χ3n) is 3.66. The summed E-state index contributed by atoms with van der Waals surface area (Å²) in [7, 11) is 0. The second kappa shape index (κ2) is 4.20. The first-order valence-electron chi connectivity index (χ1n) is 6.52. The van der Waals surface area contributed by atoms with Gasteiger partial charge in [0.15, 0.2) is 0 Å². The summed E-state index contributed by atoms with van der Waals surface area (Å²) in [4.78, 5) is 4.94. The largest absolute Gasteiger partial charge is 0.257 e. The van der Waals surface area contributed by atoms with Gasteiger partial charge in [-0.25, -0.2) is 0 Å². The maximum absolute atomic E-state index is 4.94. The molecule has 0 fully saturated rings. The summed E-state index contributed by atoms with van der Waals surface area (Å²) in [5, 5.41) is 0. The number of hydrogen-bond donors (Lipinski definition) is 0. The highest BCUT2D eigenvalue weighted by Gasteiger charge is 2.23. The third-order valence-corrected chi connectivity index (χ3v) is 3.66. The maximum atomic E-state index is 4.94. The Morgan fingerprint density at radius 2 is 2.06 bits per heavy atom. The summed E-state index contributed by atoms with van der Waals surface area (Å²) in [5.41, 5.74) is 4.30. The number of aryl methyl sites for hydroxylation is 1. The number of hydrogen-bond acceptors (Lipinski definition) is 1. The van der Waals surface area contributed by atoms with Crippen LogP contribution in [-0.2, 0) is 11.8 Å². The van der Waals surface area contributed by atoms with Crippen LogP contribution in [0.25, 0.3) is 0 Å². The van der Waals surface area contributed by atoms with Gasteiger partial charge in [0.1, 0.15) is 0 Å². The molecule has 16 heavy (non-hydrogen) atoms. The van der Waals surface area contributed by atoms with E-state index in [9.17, 15) is 0 Å². The van der Waals surface area contributed by atoms with Crippen molar-refractivity contribution in [3.63, 3.8) is 0 Å². The zero-order valence-corrected chi connectivity index (χ0v) is 11.0. The highest BCUT2D eigenvalue weighted by atomic mass is 14.7. The van der Waals surface area contributed by atoms with E-state index < -0.39 is 0 Å². The minimum Gasteiger partial charge on any atom is -0.257 e. The molecule has 1 aliphatic carbocycles. The van der Waals surface area contributed by atoms with Crippen molar-refractivity contribution in [2.75, 3.05) is 0 Å². The lowest BCUT2D eigenvalue weighted by molar-refractivity contribution is 0.506. The number of fused-ring (bicyclic) bond motifs is 1. The minimum absolute atomic E-state index is 0.171. The molecule has 0 saturated heterocycles. The van der Waals surface area contributed by atoms with Crippen LogP contribution in [0.4, 0.5) is 0 Å². The van der Waals surface area contributed by atoms with Crippen LogP contribution in [0.2, 0.25) is 0 Å². The highest BCUT2D eigenvalue weighted by Crippen LogP contribution is 2.34. The van der Waals surface area contributed by atoms with Crippen molar-refractivity contribution < 1.29 is 0 Å². The molecule has 0 spiro atoms. The molecule has 1 aromatic rings. The Bertz CT molecular complexity index is 374. The molecule has 88 valence electrons. The van der Waals surface area contributed by atoms with Crippen molar-refractivity contribution in [1.82, 2.24) is 4.98 Å². The van der Waals surface area contributed by atoms with Gasteiger partial charge in [-0.2, -0.15) is 0 Å². The van der Waals surface area contributed by atoms with Crippen LogP contribution in [0.5, 0.6) is 0 Å². The van der Waals surface area contributed by atoms with Crippen molar-refractivity contribution in [3.05, 3.63) is 29.1 Å². The fourth-order valence-corrected chi connectivity index (χ4v) is 2.56. The van der Waals surface area contributed by atoms with E-state index in [0.29, 0.717) is 5.92 Å². The second-order valence-corrected chi connectivity index (χ2v) is 5.99. The molecule has 0 aliphatic heterocycles. The van der Waals surface area contributed by atoms with Crippen molar-refractivity contribution in [2.45, 2.75) is 64.7 Å². The second-order valence-electron chi connectivity index (χ2n) is 5.99. The quantitative estimate of drug-likeness (QED) is 0.686. The van der Waals surface area contributed by atoms with Gasteiger partial charge >= 0.3 is 0 Å². The van der Waals surface area contributed by atoms with Gasteiger partial charge in [0.2, 0.25) is 0 Å². The van der Waals surface area contributed by atoms with Gasteiger partial charge < -0.3 is 0 Å².